The number of thioether (sulfide) groups is 1. The Morgan fingerprint density at radius 1 is 1.26 bits per heavy atom. The molecule has 7 heteroatoms. The van der Waals surface area contributed by atoms with E-state index in [9.17, 15) is 9.59 Å². The number of amides is 1. The second-order valence-electron chi connectivity index (χ2n) is 7.44. The molecular formula is C20H24N4O2S. The van der Waals surface area contributed by atoms with Crippen molar-refractivity contribution in [3.63, 3.8) is 0 Å². The van der Waals surface area contributed by atoms with Gasteiger partial charge in [0.1, 0.15) is 5.82 Å². The largest absolute Gasteiger partial charge is 0.370 e. The molecule has 0 spiro atoms. The molecule has 2 aliphatic carbocycles. The molecule has 1 unspecified atom stereocenters. The average Bonchev–Trinajstić information content (AvgIpc) is 3.25. The molecule has 142 valence electrons. The Kier molecular flexibility index (Phi) is 5.04. The van der Waals surface area contributed by atoms with Crippen LogP contribution in [0.5, 0.6) is 0 Å². The number of nitrogens with zero attached hydrogens (tertiary/aromatic N) is 3. The molecule has 2 N–H and O–H groups in total. The minimum Gasteiger partial charge on any atom is -0.370 e. The van der Waals surface area contributed by atoms with Gasteiger partial charge in [-0.15, -0.1) is 10.2 Å². The van der Waals surface area contributed by atoms with Crippen molar-refractivity contribution in [1.82, 2.24) is 14.8 Å². The summed E-state index contributed by atoms with van der Waals surface area (Å²) in [5.41, 5.74) is 8.75. The van der Waals surface area contributed by atoms with Gasteiger partial charge in [-0.05, 0) is 56.2 Å². The Hall–Kier alpha value is -2.15. The fraction of sp³-hybridized carbons (Fsp3) is 0.500. The third-order valence-electron chi connectivity index (χ3n) is 5.30. The van der Waals surface area contributed by atoms with Gasteiger partial charge in [-0.1, -0.05) is 23.9 Å². The Labute approximate surface area is 162 Å². The molecule has 1 amide bonds. The first-order valence-corrected chi connectivity index (χ1v) is 10.4. The van der Waals surface area contributed by atoms with Gasteiger partial charge in [0.05, 0.1) is 5.25 Å². The van der Waals surface area contributed by atoms with E-state index in [2.05, 4.69) is 22.3 Å². The Balaban J connectivity index is 1.51. The number of primary amides is 1. The maximum absolute atomic E-state index is 12.9. The molecule has 2 aromatic rings. The summed E-state index contributed by atoms with van der Waals surface area (Å²) >= 11 is 1.41. The number of aryl methyl sites for hydroxylation is 2. The number of Topliss-reactive ketones (excluding diaryl/α,β-unsaturated/α-hetero) is 1. The molecule has 1 heterocycles. The first-order valence-electron chi connectivity index (χ1n) is 9.57. The van der Waals surface area contributed by atoms with Crippen molar-refractivity contribution in [3.8, 4) is 0 Å². The highest BCUT2D eigenvalue weighted by atomic mass is 32.2. The minimum absolute atomic E-state index is 0.104. The topological polar surface area (TPSA) is 90.9 Å². The predicted octanol–water partition coefficient (Wildman–Crippen LogP) is 2.88. The fourth-order valence-electron chi connectivity index (χ4n) is 3.63. The third kappa shape index (κ3) is 3.93. The molecule has 0 bridgehead atoms. The van der Waals surface area contributed by atoms with Crippen LogP contribution in [0, 0.1) is 0 Å². The van der Waals surface area contributed by atoms with Crippen LogP contribution in [0.25, 0.3) is 0 Å². The Morgan fingerprint density at radius 2 is 2.04 bits per heavy atom. The molecule has 6 nitrogen and oxygen atoms in total. The van der Waals surface area contributed by atoms with E-state index in [-0.39, 0.29) is 23.4 Å². The van der Waals surface area contributed by atoms with Gasteiger partial charge in [0.25, 0.3) is 0 Å². The number of aromatic nitrogens is 3. The van der Waals surface area contributed by atoms with Crippen LogP contribution in [-0.4, -0.2) is 31.7 Å². The fourth-order valence-corrected chi connectivity index (χ4v) is 4.59. The maximum Gasteiger partial charge on any atom is 0.219 e. The number of carbonyl (C=O) groups is 2. The maximum atomic E-state index is 12.9. The molecule has 1 fully saturated rings. The lowest BCUT2D eigenvalue weighted by Crippen LogP contribution is -2.18. The number of ketones is 1. The highest BCUT2D eigenvalue weighted by Crippen LogP contribution is 2.40. The zero-order valence-corrected chi connectivity index (χ0v) is 16.3. The van der Waals surface area contributed by atoms with Crippen molar-refractivity contribution < 1.29 is 9.59 Å². The van der Waals surface area contributed by atoms with Crippen molar-refractivity contribution in [2.45, 2.75) is 68.3 Å². The number of benzene rings is 1. The van der Waals surface area contributed by atoms with Crippen molar-refractivity contribution in [1.29, 1.82) is 0 Å². The number of fused-ring (bicyclic) bond motifs is 1. The summed E-state index contributed by atoms with van der Waals surface area (Å²) in [5, 5.41) is 9.04. The van der Waals surface area contributed by atoms with Crippen molar-refractivity contribution in [3.05, 3.63) is 40.7 Å². The number of nitrogens with two attached hydrogens (primary N) is 1. The van der Waals surface area contributed by atoms with Crippen LogP contribution >= 0.6 is 11.8 Å². The van der Waals surface area contributed by atoms with E-state index in [1.807, 2.05) is 17.6 Å². The second kappa shape index (κ2) is 7.46. The molecule has 1 aromatic heterocycles. The van der Waals surface area contributed by atoms with Crippen LogP contribution in [-0.2, 0) is 24.2 Å². The number of carbonyl (C=O) groups excluding carboxylic acids is 2. The van der Waals surface area contributed by atoms with Crippen molar-refractivity contribution >= 4 is 23.5 Å². The standard InChI is InChI=1S/C20H24N4O2S/c1-12(18(26)16-8-5-13-3-2-4-15(13)11-16)27-20-23-22-19(14-6-7-14)24(20)10-9-17(21)25/h5,8,11-12,14H,2-4,6-7,9-10H2,1H3,(H2,21,25). The summed E-state index contributed by atoms with van der Waals surface area (Å²) < 4.78 is 1.97. The lowest BCUT2D eigenvalue weighted by atomic mass is 10.0. The van der Waals surface area contributed by atoms with E-state index in [4.69, 9.17) is 5.73 Å². The van der Waals surface area contributed by atoms with E-state index >= 15 is 0 Å². The lowest BCUT2D eigenvalue weighted by Gasteiger charge is -2.13. The summed E-state index contributed by atoms with van der Waals surface area (Å²) in [6, 6.07) is 6.08. The van der Waals surface area contributed by atoms with Gasteiger partial charge >= 0.3 is 0 Å². The normalized spacial score (nSPS) is 16.9. The zero-order valence-electron chi connectivity index (χ0n) is 15.5. The van der Waals surface area contributed by atoms with Crippen LogP contribution in [0.15, 0.2) is 23.4 Å². The van der Waals surface area contributed by atoms with Crippen LogP contribution in [0.2, 0.25) is 0 Å². The minimum atomic E-state index is -0.344. The smallest absolute Gasteiger partial charge is 0.219 e. The van der Waals surface area contributed by atoms with Gasteiger partial charge in [-0.2, -0.15) is 0 Å². The zero-order chi connectivity index (χ0) is 19.0. The molecule has 0 radical (unpaired) electrons. The molecular weight excluding hydrogens is 360 g/mol. The van der Waals surface area contributed by atoms with Crippen LogP contribution in [0.1, 0.15) is 65.8 Å². The molecule has 4 rings (SSSR count). The third-order valence-corrected chi connectivity index (χ3v) is 6.38. The quantitative estimate of drug-likeness (QED) is 0.558. The number of rotatable bonds is 8. The van der Waals surface area contributed by atoms with E-state index in [1.165, 1.54) is 29.3 Å². The van der Waals surface area contributed by atoms with Crippen LogP contribution in [0.4, 0.5) is 0 Å². The van der Waals surface area contributed by atoms with Gasteiger partial charge in [0, 0.05) is 24.4 Å². The van der Waals surface area contributed by atoms with Crippen LogP contribution in [0.3, 0.4) is 0 Å². The molecule has 2 aliphatic rings. The van der Waals surface area contributed by atoms with E-state index in [0.29, 0.717) is 17.6 Å². The molecule has 0 saturated heterocycles. The van der Waals surface area contributed by atoms with Gasteiger partial charge in [0.15, 0.2) is 10.9 Å². The summed E-state index contributed by atoms with van der Waals surface area (Å²) in [7, 11) is 0. The number of hydrogen-bond acceptors (Lipinski definition) is 5. The van der Waals surface area contributed by atoms with Crippen LogP contribution < -0.4 is 5.73 Å². The summed E-state index contributed by atoms with van der Waals surface area (Å²) in [4.78, 5) is 24.1. The lowest BCUT2D eigenvalue weighted by molar-refractivity contribution is -0.118. The molecule has 0 aliphatic heterocycles. The first kappa shape index (κ1) is 18.2. The monoisotopic (exact) mass is 384 g/mol. The van der Waals surface area contributed by atoms with Crippen molar-refractivity contribution in [2.75, 3.05) is 0 Å². The highest BCUT2D eigenvalue weighted by Gasteiger charge is 2.31. The SMILES string of the molecule is CC(Sc1nnc(C2CC2)n1CCC(N)=O)C(=O)c1ccc2c(c1)CCC2. The predicted molar refractivity (Wildman–Crippen MR) is 104 cm³/mol. The molecule has 1 aromatic carbocycles. The van der Waals surface area contributed by atoms with Gasteiger partial charge in [0.2, 0.25) is 5.91 Å². The summed E-state index contributed by atoms with van der Waals surface area (Å²) in [6.07, 6.45) is 5.79. The van der Waals surface area contributed by atoms with E-state index < -0.39 is 0 Å². The van der Waals surface area contributed by atoms with Gasteiger partial charge in [-0.3, -0.25) is 9.59 Å². The molecule has 1 atom stereocenters. The summed E-state index contributed by atoms with van der Waals surface area (Å²) in [6.45, 7) is 2.38. The number of hydrogen-bond donors (Lipinski definition) is 1. The van der Waals surface area contributed by atoms with Gasteiger partial charge in [-0.25, -0.2) is 0 Å². The molecule has 27 heavy (non-hydrogen) atoms. The molecule has 1 saturated carbocycles. The highest BCUT2D eigenvalue weighted by molar-refractivity contribution is 8.00. The van der Waals surface area contributed by atoms with Gasteiger partial charge < -0.3 is 10.3 Å². The Bertz CT molecular complexity index is 888. The average molecular weight is 385 g/mol. The van der Waals surface area contributed by atoms with E-state index in [1.54, 1.807) is 0 Å². The van der Waals surface area contributed by atoms with E-state index in [0.717, 1.165) is 37.1 Å². The summed E-state index contributed by atoms with van der Waals surface area (Å²) in [5.74, 6) is 1.09. The Morgan fingerprint density at radius 3 is 2.78 bits per heavy atom. The van der Waals surface area contributed by atoms with Crippen molar-refractivity contribution in [2.24, 2.45) is 5.73 Å². The second-order valence-corrected chi connectivity index (χ2v) is 8.75. The first-order chi connectivity index (χ1) is 13.0.